The number of methoxy groups -OCH3 is 1. The van der Waals surface area contributed by atoms with Crippen molar-refractivity contribution in [2.45, 2.75) is 32.7 Å². The predicted octanol–water partition coefficient (Wildman–Crippen LogP) is 5.61. The number of carbonyl (C=O) groups excluding carboxylic acids is 2. The monoisotopic (exact) mass is 458 g/mol. The molecular formula is C27H26N2O5. The van der Waals surface area contributed by atoms with Crippen molar-refractivity contribution in [1.82, 2.24) is 9.88 Å². The molecule has 7 heteroatoms. The fourth-order valence-corrected chi connectivity index (χ4v) is 4.84. The Morgan fingerprint density at radius 2 is 2.00 bits per heavy atom. The van der Waals surface area contributed by atoms with Crippen LogP contribution in [0.2, 0.25) is 0 Å². The molecule has 5 rings (SSSR count). The van der Waals surface area contributed by atoms with Crippen molar-refractivity contribution in [1.29, 1.82) is 0 Å². The molecule has 1 amide bonds. The first-order valence-corrected chi connectivity index (χ1v) is 11.4. The minimum absolute atomic E-state index is 0.0342. The maximum Gasteiger partial charge on any atom is 0.290 e. The van der Waals surface area contributed by atoms with E-state index in [9.17, 15) is 14.7 Å². The Morgan fingerprint density at radius 3 is 2.76 bits per heavy atom. The number of Topliss-reactive ketones (excluding diaryl/α,β-unsaturated/α-hetero) is 1. The van der Waals surface area contributed by atoms with Gasteiger partial charge in [0.2, 0.25) is 5.78 Å². The van der Waals surface area contributed by atoms with Crippen LogP contribution in [0.25, 0.3) is 21.9 Å². The third kappa shape index (κ3) is 3.27. The SMILES string of the molecule is CCCCN1C(=O)C(O)=C(C(=O)c2cc3cccc(OC)c3o2)C1c1c(C)[nH]c2ccccc12. The molecule has 34 heavy (non-hydrogen) atoms. The number of unbranched alkanes of at least 4 members (excludes halogenated alkanes) is 1. The summed E-state index contributed by atoms with van der Waals surface area (Å²) in [5.41, 5.74) is 3.03. The molecule has 0 fully saturated rings. The summed E-state index contributed by atoms with van der Waals surface area (Å²) in [6, 6.07) is 14.0. The number of hydrogen-bond acceptors (Lipinski definition) is 5. The molecule has 0 radical (unpaired) electrons. The summed E-state index contributed by atoms with van der Waals surface area (Å²) in [5.74, 6) is -1.03. The fourth-order valence-electron chi connectivity index (χ4n) is 4.84. The van der Waals surface area contributed by atoms with Gasteiger partial charge < -0.3 is 24.1 Å². The first kappa shape index (κ1) is 21.8. The van der Waals surface area contributed by atoms with E-state index in [0.717, 1.165) is 35.0 Å². The standard InChI is InChI=1S/C27H26N2O5/c1-4-5-13-29-23(21-15(2)28-18-11-7-6-10-17(18)21)22(25(31)27(29)32)24(30)20-14-16-9-8-12-19(33-3)26(16)34-20/h6-12,14,23,28,31H,4-5,13H2,1-3H3. The molecule has 2 N–H and O–H groups in total. The maximum atomic E-state index is 13.8. The molecule has 0 aliphatic carbocycles. The second kappa shape index (κ2) is 8.41. The van der Waals surface area contributed by atoms with E-state index in [-0.39, 0.29) is 11.3 Å². The summed E-state index contributed by atoms with van der Waals surface area (Å²) in [5, 5.41) is 12.6. The average Bonchev–Trinajstić information content (AvgIpc) is 3.49. The second-order valence-corrected chi connectivity index (χ2v) is 8.54. The number of nitrogens with one attached hydrogen (secondary N) is 1. The van der Waals surface area contributed by atoms with Crippen LogP contribution in [-0.4, -0.2) is 40.3 Å². The summed E-state index contributed by atoms with van der Waals surface area (Å²) >= 11 is 0. The molecule has 174 valence electrons. The number of aryl methyl sites for hydroxylation is 1. The van der Waals surface area contributed by atoms with Crippen molar-refractivity contribution in [2.24, 2.45) is 0 Å². The van der Waals surface area contributed by atoms with Gasteiger partial charge in [-0.1, -0.05) is 43.7 Å². The van der Waals surface area contributed by atoms with Crippen molar-refractivity contribution >= 4 is 33.6 Å². The molecule has 4 aromatic rings. The minimum Gasteiger partial charge on any atom is -0.503 e. The maximum absolute atomic E-state index is 13.8. The van der Waals surface area contributed by atoms with Gasteiger partial charge in [-0.3, -0.25) is 9.59 Å². The lowest BCUT2D eigenvalue weighted by Crippen LogP contribution is -2.32. The first-order valence-electron chi connectivity index (χ1n) is 11.4. The van der Waals surface area contributed by atoms with E-state index in [1.807, 2.05) is 50.2 Å². The summed E-state index contributed by atoms with van der Waals surface area (Å²) in [7, 11) is 1.53. The number of aromatic amines is 1. The second-order valence-electron chi connectivity index (χ2n) is 8.54. The summed E-state index contributed by atoms with van der Waals surface area (Å²) in [4.78, 5) is 31.9. The van der Waals surface area contributed by atoms with Gasteiger partial charge in [-0.15, -0.1) is 0 Å². The number of aromatic nitrogens is 1. The Balaban J connectivity index is 1.68. The Morgan fingerprint density at radius 1 is 1.21 bits per heavy atom. The third-order valence-electron chi connectivity index (χ3n) is 6.47. The highest BCUT2D eigenvalue weighted by molar-refractivity contribution is 6.16. The molecule has 1 aliphatic heterocycles. The number of aliphatic hydroxyl groups is 1. The molecule has 0 spiro atoms. The highest BCUT2D eigenvalue weighted by atomic mass is 16.5. The molecular weight excluding hydrogens is 432 g/mol. The largest absolute Gasteiger partial charge is 0.503 e. The number of para-hydroxylation sites is 2. The molecule has 2 aromatic heterocycles. The number of benzene rings is 2. The van der Waals surface area contributed by atoms with E-state index < -0.39 is 23.5 Å². The number of fused-ring (bicyclic) bond motifs is 2. The zero-order chi connectivity index (χ0) is 24.0. The van der Waals surface area contributed by atoms with Crippen LogP contribution in [0.15, 0.2) is 64.3 Å². The van der Waals surface area contributed by atoms with Gasteiger partial charge in [-0.25, -0.2) is 0 Å². The smallest absolute Gasteiger partial charge is 0.290 e. The number of ketones is 1. The van der Waals surface area contributed by atoms with Crippen LogP contribution in [-0.2, 0) is 4.79 Å². The summed E-state index contributed by atoms with van der Waals surface area (Å²) < 4.78 is 11.2. The van der Waals surface area contributed by atoms with Gasteiger partial charge in [-0.2, -0.15) is 0 Å². The van der Waals surface area contributed by atoms with Gasteiger partial charge in [0, 0.05) is 34.1 Å². The van der Waals surface area contributed by atoms with E-state index >= 15 is 0 Å². The van der Waals surface area contributed by atoms with Crippen molar-refractivity contribution in [3.63, 3.8) is 0 Å². The predicted molar refractivity (Wildman–Crippen MR) is 129 cm³/mol. The van der Waals surface area contributed by atoms with Gasteiger partial charge in [0.15, 0.2) is 22.9 Å². The summed E-state index contributed by atoms with van der Waals surface area (Å²) in [6.07, 6.45) is 1.62. The zero-order valence-electron chi connectivity index (χ0n) is 19.3. The lowest BCUT2D eigenvalue weighted by atomic mass is 9.93. The van der Waals surface area contributed by atoms with Gasteiger partial charge in [0.05, 0.1) is 18.7 Å². The van der Waals surface area contributed by atoms with Crippen LogP contribution in [0.1, 0.15) is 47.6 Å². The van der Waals surface area contributed by atoms with E-state index in [0.29, 0.717) is 23.3 Å². The number of aliphatic hydroxyl groups excluding tert-OH is 1. The van der Waals surface area contributed by atoms with E-state index in [4.69, 9.17) is 9.15 Å². The molecule has 2 aromatic carbocycles. The lowest BCUT2D eigenvalue weighted by Gasteiger charge is -2.27. The highest BCUT2D eigenvalue weighted by Gasteiger charge is 2.45. The molecule has 3 heterocycles. The molecule has 1 unspecified atom stereocenters. The van der Waals surface area contributed by atoms with Crippen LogP contribution in [0.4, 0.5) is 0 Å². The zero-order valence-corrected chi connectivity index (χ0v) is 19.3. The van der Waals surface area contributed by atoms with Gasteiger partial charge in [0.1, 0.15) is 0 Å². The number of hydrogen-bond donors (Lipinski definition) is 2. The fraction of sp³-hybridized carbons (Fsp3) is 0.259. The number of carbonyl (C=O) groups is 2. The van der Waals surface area contributed by atoms with Crippen LogP contribution in [0.5, 0.6) is 5.75 Å². The lowest BCUT2D eigenvalue weighted by molar-refractivity contribution is -0.129. The normalized spacial score (nSPS) is 16.3. The first-order chi connectivity index (χ1) is 16.5. The van der Waals surface area contributed by atoms with E-state index in [2.05, 4.69) is 4.98 Å². The number of rotatable bonds is 7. The highest BCUT2D eigenvalue weighted by Crippen LogP contribution is 2.43. The third-order valence-corrected chi connectivity index (χ3v) is 6.47. The van der Waals surface area contributed by atoms with Crippen molar-refractivity contribution < 1.29 is 23.8 Å². The van der Waals surface area contributed by atoms with Crippen molar-refractivity contribution in [2.75, 3.05) is 13.7 Å². The summed E-state index contributed by atoms with van der Waals surface area (Å²) in [6.45, 7) is 4.38. The number of ether oxygens (including phenoxy) is 1. The van der Waals surface area contributed by atoms with Crippen LogP contribution < -0.4 is 4.74 Å². The Labute approximate surface area is 196 Å². The quantitative estimate of drug-likeness (QED) is 0.351. The minimum atomic E-state index is -0.724. The molecule has 7 nitrogen and oxygen atoms in total. The van der Waals surface area contributed by atoms with E-state index in [1.54, 1.807) is 17.0 Å². The van der Waals surface area contributed by atoms with Crippen molar-refractivity contribution in [3.05, 3.63) is 76.9 Å². The van der Waals surface area contributed by atoms with Gasteiger partial charge in [0.25, 0.3) is 5.91 Å². The molecule has 0 bridgehead atoms. The van der Waals surface area contributed by atoms with Gasteiger partial charge in [-0.05, 0) is 31.5 Å². The number of H-pyrrole nitrogens is 1. The number of furan rings is 1. The molecule has 0 saturated heterocycles. The molecule has 1 atom stereocenters. The van der Waals surface area contributed by atoms with E-state index in [1.165, 1.54) is 7.11 Å². The van der Waals surface area contributed by atoms with Crippen LogP contribution in [0.3, 0.4) is 0 Å². The van der Waals surface area contributed by atoms with Crippen LogP contribution in [0, 0.1) is 6.92 Å². The molecule has 0 saturated carbocycles. The topological polar surface area (TPSA) is 95.8 Å². The van der Waals surface area contributed by atoms with Crippen molar-refractivity contribution in [3.8, 4) is 5.75 Å². The number of nitrogens with zero attached hydrogens (tertiary/aromatic N) is 1. The number of amides is 1. The Kier molecular flexibility index (Phi) is 5.40. The van der Waals surface area contributed by atoms with Gasteiger partial charge >= 0.3 is 0 Å². The Bertz CT molecular complexity index is 1460. The average molecular weight is 459 g/mol. The molecule has 1 aliphatic rings. The Hall–Kier alpha value is -4.00. The van der Waals surface area contributed by atoms with Crippen LogP contribution >= 0.6 is 0 Å².